The van der Waals surface area contributed by atoms with E-state index in [9.17, 15) is 0 Å². The topological polar surface area (TPSA) is 26.0 Å². The Kier molecular flexibility index (Phi) is 5.54. The molecule has 0 spiro atoms. The second-order valence-corrected chi connectivity index (χ2v) is 4.62. The summed E-state index contributed by atoms with van der Waals surface area (Å²) in [5.74, 6) is 1.29. The summed E-state index contributed by atoms with van der Waals surface area (Å²) in [4.78, 5) is 0. The smallest absolute Gasteiger partial charge is 0.00715 e. The molecule has 16 heavy (non-hydrogen) atoms. The molecule has 1 aromatic carbocycles. The van der Waals surface area contributed by atoms with Gasteiger partial charge in [0.2, 0.25) is 0 Å². The van der Waals surface area contributed by atoms with Gasteiger partial charge in [0.15, 0.2) is 0 Å². The van der Waals surface area contributed by atoms with Crippen molar-refractivity contribution in [3.63, 3.8) is 0 Å². The maximum absolute atomic E-state index is 5.66. The van der Waals surface area contributed by atoms with Crippen LogP contribution >= 0.6 is 0 Å². The fraction of sp³-hybridized carbons (Fsp3) is 0.600. The number of nitrogens with two attached hydrogens (primary N) is 1. The Morgan fingerprint density at radius 1 is 1.06 bits per heavy atom. The molecule has 90 valence electrons. The Labute approximate surface area is 100 Å². The lowest BCUT2D eigenvalue weighted by Gasteiger charge is -2.21. The van der Waals surface area contributed by atoms with E-state index in [0.29, 0.717) is 11.8 Å². The predicted octanol–water partition coefficient (Wildman–Crippen LogP) is 4.04. The van der Waals surface area contributed by atoms with Crippen LogP contribution in [0.15, 0.2) is 24.3 Å². The van der Waals surface area contributed by atoms with E-state index in [1.807, 2.05) is 0 Å². The molecule has 2 N–H and O–H groups in total. The third-order valence-corrected chi connectivity index (χ3v) is 3.55. The lowest BCUT2D eigenvalue weighted by atomic mass is 9.84. The molecule has 0 saturated heterocycles. The fourth-order valence-corrected chi connectivity index (χ4v) is 2.47. The highest BCUT2D eigenvalue weighted by Gasteiger charge is 2.14. The highest BCUT2D eigenvalue weighted by Crippen LogP contribution is 2.31. The van der Waals surface area contributed by atoms with Gasteiger partial charge in [-0.2, -0.15) is 0 Å². The van der Waals surface area contributed by atoms with E-state index in [1.54, 1.807) is 0 Å². The van der Waals surface area contributed by atoms with E-state index < -0.39 is 0 Å². The Balaban J connectivity index is 2.98. The van der Waals surface area contributed by atoms with Crippen LogP contribution in [0.3, 0.4) is 0 Å². The van der Waals surface area contributed by atoms with Gasteiger partial charge in [0.25, 0.3) is 0 Å². The highest BCUT2D eigenvalue weighted by molar-refractivity contribution is 5.33. The van der Waals surface area contributed by atoms with Crippen molar-refractivity contribution in [1.82, 2.24) is 0 Å². The molecule has 0 aromatic heterocycles. The van der Waals surface area contributed by atoms with Crippen molar-refractivity contribution in [2.75, 3.05) is 6.54 Å². The van der Waals surface area contributed by atoms with Gasteiger partial charge in [-0.25, -0.2) is 0 Å². The Morgan fingerprint density at radius 3 is 2.12 bits per heavy atom. The van der Waals surface area contributed by atoms with Gasteiger partial charge in [0, 0.05) is 0 Å². The number of rotatable bonds is 6. The minimum absolute atomic E-state index is 0.585. The molecule has 1 heteroatoms. The summed E-state index contributed by atoms with van der Waals surface area (Å²) in [5.41, 5.74) is 8.70. The van der Waals surface area contributed by atoms with Gasteiger partial charge in [-0.3, -0.25) is 0 Å². The lowest BCUT2D eigenvalue weighted by molar-refractivity contribution is 0.612. The predicted molar refractivity (Wildman–Crippen MR) is 71.9 cm³/mol. The molecule has 1 rings (SSSR count). The van der Waals surface area contributed by atoms with Crippen LogP contribution in [0.1, 0.15) is 63.0 Å². The molecule has 0 amide bonds. The largest absolute Gasteiger partial charge is 0.330 e. The van der Waals surface area contributed by atoms with Gasteiger partial charge in [-0.15, -0.1) is 0 Å². The Hall–Kier alpha value is -0.820. The maximum atomic E-state index is 5.66. The van der Waals surface area contributed by atoms with Crippen LogP contribution in [-0.4, -0.2) is 6.54 Å². The van der Waals surface area contributed by atoms with Crippen molar-refractivity contribution >= 4 is 0 Å². The minimum Gasteiger partial charge on any atom is -0.330 e. The molecular weight excluding hydrogens is 194 g/mol. The number of hydrogen-bond donors (Lipinski definition) is 1. The summed E-state index contributed by atoms with van der Waals surface area (Å²) in [6.07, 6.45) is 3.53. The molecule has 1 unspecified atom stereocenters. The van der Waals surface area contributed by atoms with Crippen LogP contribution in [0.25, 0.3) is 0 Å². The van der Waals surface area contributed by atoms with Crippen molar-refractivity contribution in [2.24, 2.45) is 5.73 Å². The lowest BCUT2D eigenvalue weighted by Crippen LogP contribution is -2.08. The zero-order chi connectivity index (χ0) is 12.0. The van der Waals surface area contributed by atoms with Crippen LogP contribution in [0.4, 0.5) is 0 Å². The minimum atomic E-state index is 0.585. The van der Waals surface area contributed by atoms with Gasteiger partial charge >= 0.3 is 0 Å². The molecule has 0 bridgehead atoms. The summed E-state index contributed by atoms with van der Waals surface area (Å²) < 4.78 is 0. The van der Waals surface area contributed by atoms with Gasteiger partial charge < -0.3 is 5.73 Å². The molecule has 1 nitrogen and oxygen atoms in total. The van der Waals surface area contributed by atoms with Crippen LogP contribution in [0.2, 0.25) is 0 Å². The Bertz CT molecular complexity index is 302. The molecule has 0 aliphatic carbocycles. The van der Waals surface area contributed by atoms with Gasteiger partial charge in [-0.1, -0.05) is 45.0 Å². The average molecular weight is 219 g/mol. The Morgan fingerprint density at radius 2 is 1.62 bits per heavy atom. The molecule has 1 aromatic rings. The summed E-state index contributed by atoms with van der Waals surface area (Å²) in [6, 6.07) is 8.87. The van der Waals surface area contributed by atoms with E-state index in [-0.39, 0.29) is 0 Å². The van der Waals surface area contributed by atoms with Gasteiger partial charge in [-0.05, 0) is 48.8 Å². The van der Waals surface area contributed by atoms with Crippen molar-refractivity contribution < 1.29 is 0 Å². The monoisotopic (exact) mass is 219 g/mol. The van der Waals surface area contributed by atoms with E-state index in [4.69, 9.17) is 5.73 Å². The fourth-order valence-electron chi connectivity index (χ4n) is 2.47. The average Bonchev–Trinajstić information content (AvgIpc) is 2.31. The van der Waals surface area contributed by atoms with E-state index in [0.717, 1.165) is 13.0 Å². The van der Waals surface area contributed by atoms with Gasteiger partial charge in [0.1, 0.15) is 0 Å². The molecule has 1 atom stereocenters. The van der Waals surface area contributed by atoms with Crippen LogP contribution < -0.4 is 5.73 Å². The molecule has 0 saturated carbocycles. The van der Waals surface area contributed by atoms with E-state index in [2.05, 4.69) is 45.0 Å². The van der Waals surface area contributed by atoms with Crippen LogP contribution in [-0.2, 0) is 0 Å². The van der Waals surface area contributed by atoms with Crippen molar-refractivity contribution in [1.29, 1.82) is 0 Å². The SMILES string of the molecule is CCC(CC)c1ccccc1C(C)CCN. The van der Waals surface area contributed by atoms with Crippen molar-refractivity contribution in [3.05, 3.63) is 35.4 Å². The summed E-state index contributed by atoms with van der Waals surface area (Å²) >= 11 is 0. The normalized spacial score (nSPS) is 13.1. The molecule has 0 radical (unpaired) electrons. The first-order valence-corrected chi connectivity index (χ1v) is 6.53. The zero-order valence-electron chi connectivity index (χ0n) is 10.9. The van der Waals surface area contributed by atoms with Crippen molar-refractivity contribution in [3.8, 4) is 0 Å². The van der Waals surface area contributed by atoms with E-state index >= 15 is 0 Å². The third kappa shape index (κ3) is 3.08. The highest BCUT2D eigenvalue weighted by atomic mass is 14.5. The summed E-state index contributed by atoms with van der Waals surface area (Å²) in [7, 11) is 0. The molecule has 0 fully saturated rings. The molecule has 0 aliphatic heterocycles. The zero-order valence-corrected chi connectivity index (χ0v) is 10.9. The van der Waals surface area contributed by atoms with Crippen molar-refractivity contribution in [2.45, 2.75) is 51.9 Å². The second-order valence-electron chi connectivity index (χ2n) is 4.62. The van der Waals surface area contributed by atoms with Crippen LogP contribution in [0.5, 0.6) is 0 Å². The van der Waals surface area contributed by atoms with E-state index in [1.165, 1.54) is 24.0 Å². The summed E-state index contributed by atoms with van der Waals surface area (Å²) in [6.45, 7) is 7.61. The second kappa shape index (κ2) is 6.70. The molecule has 0 heterocycles. The van der Waals surface area contributed by atoms with Gasteiger partial charge in [0.05, 0.1) is 0 Å². The first-order chi connectivity index (χ1) is 7.74. The standard InChI is InChI=1S/C15H25N/c1-4-13(5-2)15-9-7-6-8-14(15)12(3)10-11-16/h6-9,12-13H,4-5,10-11,16H2,1-3H3. The van der Waals surface area contributed by atoms with Crippen LogP contribution in [0, 0.1) is 0 Å². The first kappa shape index (κ1) is 13.2. The quantitative estimate of drug-likeness (QED) is 0.767. The molecular formula is C15H25N. The number of hydrogen-bond acceptors (Lipinski definition) is 1. The summed E-state index contributed by atoms with van der Waals surface area (Å²) in [5, 5.41) is 0. The third-order valence-electron chi connectivity index (χ3n) is 3.55. The maximum Gasteiger partial charge on any atom is -0.00715 e. The number of benzene rings is 1. The first-order valence-electron chi connectivity index (χ1n) is 6.53. The molecule has 0 aliphatic rings.